The molecule has 152 valence electrons. The van der Waals surface area contributed by atoms with E-state index in [4.69, 9.17) is 24.4 Å². The van der Waals surface area contributed by atoms with Crippen LogP contribution < -0.4 is 0 Å². The van der Waals surface area contributed by atoms with Crippen LogP contribution in [0.2, 0.25) is 0 Å². The van der Waals surface area contributed by atoms with Crippen LogP contribution in [0.5, 0.6) is 0 Å². The number of aryl methyl sites for hydroxylation is 1. The molecule has 0 radical (unpaired) electrons. The second-order valence-corrected chi connectivity index (χ2v) is 8.47. The molecule has 1 aromatic carbocycles. The minimum Gasteiger partial charge on any atom is -0.447 e. The van der Waals surface area contributed by atoms with Crippen molar-refractivity contribution in [2.45, 2.75) is 43.9 Å². The summed E-state index contributed by atoms with van der Waals surface area (Å²) >= 11 is 0. The number of hydrogen-bond donors (Lipinski definition) is 1. The maximum Gasteiger partial charge on any atom is 0.218 e. The lowest BCUT2D eigenvalue weighted by Crippen LogP contribution is -2.63. The maximum absolute atomic E-state index is 10.4. The van der Waals surface area contributed by atoms with E-state index in [-0.39, 0.29) is 12.3 Å². The third kappa shape index (κ3) is 2.05. The Bertz CT molecular complexity index is 1030. The van der Waals surface area contributed by atoms with Gasteiger partial charge in [-0.25, -0.2) is 0 Å². The molecule has 1 N–H and O–H groups in total. The molecule has 3 heterocycles. The van der Waals surface area contributed by atoms with Gasteiger partial charge in [-0.15, -0.1) is 0 Å². The van der Waals surface area contributed by atoms with Crippen molar-refractivity contribution in [2.24, 2.45) is 16.7 Å². The lowest BCUT2D eigenvalue weighted by molar-refractivity contribution is -0.330. The molecule has 1 saturated carbocycles. The van der Waals surface area contributed by atoms with Crippen LogP contribution in [-0.4, -0.2) is 30.7 Å². The molecule has 4 atom stereocenters. The van der Waals surface area contributed by atoms with E-state index in [1.54, 1.807) is 12.1 Å². The lowest BCUT2D eigenvalue weighted by Gasteiger charge is -2.54. The number of hydrogen-bond acceptors (Lipinski definition) is 8. The zero-order valence-corrected chi connectivity index (χ0v) is 16.5. The van der Waals surface area contributed by atoms with E-state index in [2.05, 4.69) is 18.2 Å². The zero-order valence-electron chi connectivity index (χ0n) is 16.5. The standard InChI is InChI=1S/C22H20N4O4/c1-14-2-4-15(5-3-14)17-19(11-23,12-24)21(13-25)16-10-20(27-8-9-28-20)6-7-22(16,29-17)30-18(21)26/h2-5,16-17,26H,6-10H2,1H3. The van der Waals surface area contributed by atoms with E-state index in [9.17, 15) is 15.8 Å². The van der Waals surface area contributed by atoms with Gasteiger partial charge < -0.3 is 18.9 Å². The summed E-state index contributed by atoms with van der Waals surface area (Å²) in [6.07, 6.45) is -0.00957. The summed E-state index contributed by atoms with van der Waals surface area (Å²) in [6.45, 7) is 2.81. The second-order valence-electron chi connectivity index (χ2n) is 8.47. The molecule has 0 amide bonds. The van der Waals surface area contributed by atoms with Crippen LogP contribution in [0.15, 0.2) is 24.3 Å². The van der Waals surface area contributed by atoms with E-state index in [1.165, 1.54) is 0 Å². The minimum atomic E-state index is -1.96. The molecule has 1 aromatic rings. The van der Waals surface area contributed by atoms with Crippen LogP contribution >= 0.6 is 0 Å². The normalized spacial score (nSPS) is 37.5. The zero-order chi connectivity index (χ0) is 21.2. The molecular formula is C22H20N4O4. The van der Waals surface area contributed by atoms with E-state index < -0.39 is 34.4 Å². The number of rotatable bonds is 1. The van der Waals surface area contributed by atoms with Gasteiger partial charge in [-0.3, -0.25) is 5.41 Å². The Morgan fingerprint density at radius 1 is 1.00 bits per heavy atom. The molecule has 0 aromatic heterocycles. The van der Waals surface area contributed by atoms with Crippen LogP contribution in [0.4, 0.5) is 0 Å². The first-order chi connectivity index (χ1) is 14.4. The van der Waals surface area contributed by atoms with E-state index in [0.717, 1.165) is 5.56 Å². The van der Waals surface area contributed by atoms with Crippen molar-refractivity contribution in [3.05, 3.63) is 35.4 Å². The number of nitriles is 3. The summed E-state index contributed by atoms with van der Waals surface area (Å²) in [5.74, 6) is -3.31. The van der Waals surface area contributed by atoms with E-state index in [1.807, 2.05) is 19.1 Å². The van der Waals surface area contributed by atoms with Crippen LogP contribution in [-0.2, 0) is 18.9 Å². The predicted octanol–water partition coefficient (Wildman–Crippen LogP) is 2.86. The molecule has 3 aliphatic heterocycles. The molecule has 8 nitrogen and oxygen atoms in total. The van der Waals surface area contributed by atoms with Gasteiger partial charge in [0.2, 0.25) is 17.1 Å². The summed E-state index contributed by atoms with van der Waals surface area (Å²) < 4.78 is 24.1. The molecular weight excluding hydrogens is 384 g/mol. The van der Waals surface area contributed by atoms with Crippen molar-refractivity contribution in [1.82, 2.24) is 0 Å². The van der Waals surface area contributed by atoms with Gasteiger partial charge in [-0.1, -0.05) is 29.8 Å². The lowest BCUT2D eigenvalue weighted by atomic mass is 9.51. The highest BCUT2D eigenvalue weighted by Gasteiger charge is 2.82. The first kappa shape index (κ1) is 19.0. The van der Waals surface area contributed by atoms with Gasteiger partial charge in [-0.05, 0) is 12.5 Å². The molecule has 4 unspecified atom stereocenters. The molecule has 1 aliphatic carbocycles. The quantitative estimate of drug-likeness (QED) is 0.761. The summed E-state index contributed by atoms with van der Waals surface area (Å²) in [5, 5.41) is 39.6. The number of benzene rings is 1. The second kappa shape index (κ2) is 6.03. The van der Waals surface area contributed by atoms with Crippen molar-refractivity contribution in [3.8, 4) is 18.2 Å². The highest BCUT2D eigenvalue weighted by atomic mass is 16.7. The Labute approximate surface area is 174 Å². The average molecular weight is 404 g/mol. The Balaban J connectivity index is 1.72. The van der Waals surface area contributed by atoms with Gasteiger partial charge in [0, 0.05) is 19.3 Å². The Morgan fingerprint density at radius 2 is 1.67 bits per heavy atom. The highest BCUT2D eigenvalue weighted by Crippen LogP contribution is 2.70. The van der Waals surface area contributed by atoms with Gasteiger partial charge in [0.1, 0.15) is 6.10 Å². The predicted molar refractivity (Wildman–Crippen MR) is 100 cm³/mol. The number of nitrogens with zero attached hydrogens (tertiary/aromatic N) is 3. The van der Waals surface area contributed by atoms with Crippen molar-refractivity contribution in [3.63, 3.8) is 0 Å². The minimum absolute atomic E-state index is 0.217. The first-order valence-electron chi connectivity index (χ1n) is 9.95. The molecule has 4 fully saturated rings. The monoisotopic (exact) mass is 404 g/mol. The summed E-state index contributed by atoms with van der Waals surface area (Å²) in [7, 11) is 0. The molecule has 5 rings (SSSR count). The van der Waals surface area contributed by atoms with Crippen molar-refractivity contribution in [2.75, 3.05) is 13.2 Å². The fourth-order valence-electron chi connectivity index (χ4n) is 5.59. The molecule has 2 bridgehead atoms. The fourth-order valence-corrected chi connectivity index (χ4v) is 5.59. The summed E-state index contributed by atoms with van der Waals surface area (Å²) in [5.41, 5.74) is -2.14. The van der Waals surface area contributed by atoms with Crippen LogP contribution in [0.1, 0.15) is 36.5 Å². The van der Waals surface area contributed by atoms with E-state index >= 15 is 0 Å². The molecule has 30 heavy (non-hydrogen) atoms. The smallest absolute Gasteiger partial charge is 0.218 e. The van der Waals surface area contributed by atoms with Gasteiger partial charge >= 0.3 is 0 Å². The van der Waals surface area contributed by atoms with Gasteiger partial charge in [0.05, 0.1) is 37.3 Å². The van der Waals surface area contributed by atoms with Crippen molar-refractivity contribution < 1.29 is 18.9 Å². The molecule has 8 heteroatoms. The SMILES string of the molecule is Cc1ccc(C2OC34CCC5(CC3C(C#N)(C(=N)O4)C2(C#N)C#N)OCCO5)cc1. The fraction of sp³-hybridized carbons (Fsp3) is 0.545. The maximum atomic E-state index is 10.4. The largest absolute Gasteiger partial charge is 0.447 e. The van der Waals surface area contributed by atoms with Crippen molar-refractivity contribution in [1.29, 1.82) is 21.2 Å². The molecule has 4 aliphatic rings. The van der Waals surface area contributed by atoms with Crippen LogP contribution in [0, 0.1) is 63.1 Å². The first-order valence-corrected chi connectivity index (χ1v) is 9.95. The Morgan fingerprint density at radius 3 is 2.27 bits per heavy atom. The van der Waals surface area contributed by atoms with Gasteiger partial charge in [0.15, 0.2) is 11.2 Å². The van der Waals surface area contributed by atoms with Gasteiger partial charge in [0.25, 0.3) is 0 Å². The highest BCUT2D eigenvalue weighted by molar-refractivity contribution is 5.89. The van der Waals surface area contributed by atoms with Crippen LogP contribution in [0.3, 0.4) is 0 Å². The third-order valence-electron chi connectivity index (χ3n) is 7.11. The summed E-state index contributed by atoms with van der Waals surface area (Å²) in [4.78, 5) is 0. The topological polar surface area (TPSA) is 132 Å². The number of nitrogens with one attached hydrogen (secondary N) is 1. The average Bonchev–Trinajstić information content (AvgIpc) is 3.28. The number of ether oxygens (including phenoxy) is 4. The van der Waals surface area contributed by atoms with Crippen molar-refractivity contribution >= 4 is 5.90 Å². The summed E-state index contributed by atoms with van der Waals surface area (Å²) in [6, 6.07) is 13.7. The molecule has 1 spiro atoms. The Kier molecular flexibility index (Phi) is 3.82. The third-order valence-corrected chi connectivity index (χ3v) is 7.11. The van der Waals surface area contributed by atoms with Gasteiger partial charge in [-0.2, -0.15) is 15.8 Å². The Hall–Kier alpha value is -2.96. The van der Waals surface area contributed by atoms with E-state index in [0.29, 0.717) is 31.6 Å². The van der Waals surface area contributed by atoms with Crippen LogP contribution in [0.25, 0.3) is 0 Å². The molecule has 3 saturated heterocycles.